The fourth-order valence-electron chi connectivity index (χ4n) is 2.39. The number of unbranched alkanes of at least 4 members (excludes halogenated alkanes) is 1. The largest absolute Gasteiger partial charge is 0.481 e. The zero-order valence-electron chi connectivity index (χ0n) is 9.06. The van der Waals surface area contributed by atoms with Crippen molar-refractivity contribution in [2.24, 2.45) is 0 Å². The third-order valence-electron chi connectivity index (χ3n) is 3.18. The summed E-state index contributed by atoms with van der Waals surface area (Å²) in [5, 5.41) is 24.6. The molecule has 2 heterocycles. The highest BCUT2D eigenvalue weighted by Crippen LogP contribution is 2.33. The molecule has 92 valence electrons. The van der Waals surface area contributed by atoms with Crippen molar-refractivity contribution in [2.45, 2.75) is 49.4 Å². The van der Waals surface area contributed by atoms with Crippen LogP contribution in [-0.4, -0.2) is 45.6 Å². The van der Waals surface area contributed by atoms with E-state index in [1.54, 1.807) is 0 Å². The van der Waals surface area contributed by atoms with Gasteiger partial charge in [-0.1, -0.05) is 6.42 Å². The van der Waals surface area contributed by atoms with E-state index >= 15 is 0 Å². The third kappa shape index (κ3) is 2.88. The lowest BCUT2D eigenvalue weighted by atomic mass is 10.0. The number of fused-ring (bicyclic) bond motifs is 1. The van der Waals surface area contributed by atoms with Gasteiger partial charge in [0.25, 0.3) is 0 Å². The van der Waals surface area contributed by atoms with Gasteiger partial charge in [-0.2, -0.15) is 11.8 Å². The number of carboxylic acids is 1. The van der Waals surface area contributed by atoms with Gasteiger partial charge in [-0.15, -0.1) is 0 Å². The predicted molar refractivity (Wildman–Crippen MR) is 62.2 cm³/mol. The number of hydrogen-bond donors (Lipinski definition) is 4. The number of rotatable bonds is 5. The first-order valence-electron chi connectivity index (χ1n) is 5.70. The van der Waals surface area contributed by atoms with E-state index in [0.29, 0.717) is 17.3 Å². The minimum absolute atomic E-state index is 0.264. The highest BCUT2D eigenvalue weighted by Gasteiger charge is 2.42. The van der Waals surface area contributed by atoms with E-state index in [9.17, 15) is 9.90 Å². The van der Waals surface area contributed by atoms with Crippen molar-refractivity contribution in [2.75, 3.05) is 5.75 Å². The number of aliphatic hydroxyl groups is 1. The van der Waals surface area contributed by atoms with E-state index in [4.69, 9.17) is 5.11 Å². The molecule has 0 saturated carbocycles. The lowest BCUT2D eigenvalue weighted by Crippen LogP contribution is -2.37. The van der Waals surface area contributed by atoms with Crippen molar-refractivity contribution >= 4 is 17.7 Å². The average molecular weight is 246 g/mol. The number of aliphatic carboxylic acids is 1. The fraction of sp³-hybridized carbons (Fsp3) is 0.900. The lowest BCUT2D eigenvalue weighted by Gasteiger charge is -2.17. The van der Waals surface area contributed by atoms with Crippen molar-refractivity contribution in [1.29, 1.82) is 0 Å². The van der Waals surface area contributed by atoms with Gasteiger partial charge in [0.1, 0.15) is 0 Å². The molecule has 0 aromatic rings. The van der Waals surface area contributed by atoms with Crippen LogP contribution in [0.1, 0.15) is 25.7 Å². The Labute approximate surface area is 99.0 Å². The van der Waals surface area contributed by atoms with E-state index in [1.807, 2.05) is 11.8 Å². The molecule has 6 heteroatoms. The van der Waals surface area contributed by atoms with Crippen LogP contribution in [0.15, 0.2) is 0 Å². The van der Waals surface area contributed by atoms with Gasteiger partial charge in [-0.3, -0.25) is 15.4 Å². The maximum absolute atomic E-state index is 10.4. The standard InChI is InChI=1S/C10H18N2O3S/c13-8(14)4-2-1-3-7-9-6(5-16-7)11-10(15)12-9/h6-7,9-12,15H,1-5H2,(H,13,14)/t6-,7-,9-,10?/m0/s1. The molecular formula is C10H18N2O3S. The molecule has 2 aliphatic rings. The number of thioether (sulfide) groups is 1. The fourth-order valence-corrected chi connectivity index (χ4v) is 3.95. The zero-order valence-corrected chi connectivity index (χ0v) is 9.87. The molecule has 0 aliphatic carbocycles. The second-order valence-electron chi connectivity index (χ2n) is 4.38. The predicted octanol–water partition coefficient (Wildman–Crippen LogP) is -0.0473. The van der Waals surface area contributed by atoms with E-state index in [2.05, 4.69) is 10.6 Å². The Hall–Kier alpha value is -0.300. The Bertz CT molecular complexity index is 264. The quantitative estimate of drug-likeness (QED) is 0.509. The summed E-state index contributed by atoms with van der Waals surface area (Å²) < 4.78 is 0. The topological polar surface area (TPSA) is 81.6 Å². The van der Waals surface area contributed by atoms with Crippen LogP contribution in [0.2, 0.25) is 0 Å². The summed E-state index contributed by atoms with van der Waals surface area (Å²) in [6, 6.07) is 0.703. The molecule has 2 saturated heterocycles. The summed E-state index contributed by atoms with van der Waals surface area (Å²) in [7, 11) is 0. The summed E-state index contributed by atoms with van der Waals surface area (Å²) in [4.78, 5) is 10.4. The van der Waals surface area contributed by atoms with Crippen molar-refractivity contribution in [1.82, 2.24) is 10.6 Å². The van der Waals surface area contributed by atoms with Crippen molar-refractivity contribution in [3.63, 3.8) is 0 Å². The monoisotopic (exact) mass is 246 g/mol. The molecule has 0 aromatic carbocycles. The van der Waals surface area contributed by atoms with Crippen LogP contribution in [0.3, 0.4) is 0 Å². The Morgan fingerprint density at radius 1 is 1.38 bits per heavy atom. The molecule has 2 rings (SSSR count). The Kier molecular flexibility index (Phi) is 4.07. The maximum atomic E-state index is 10.4. The summed E-state index contributed by atoms with van der Waals surface area (Å²) in [6.45, 7) is 0. The van der Waals surface area contributed by atoms with Crippen LogP contribution in [0.25, 0.3) is 0 Å². The SMILES string of the molecule is O=C(O)CCCC[C@@H]1SC[C@@H]2NC(O)N[C@@H]21. The highest BCUT2D eigenvalue weighted by atomic mass is 32.2. The molecule has 4 N–H and O–H groups in total. The molecule has 1 unspecified atom stereocenters. The molecule has 0 amide bonds. The lowest BCUT2D eigenvalue weighted by molar-refractivity contribution is -0.137. The van der Waals surface area contributed by atoms with Gasteiger partial charge in [0, 0.05) is 29.5 Å². The molecule has 4 atom stereocenters. The van der Waals surface area contributed by atoms with Gasteiger partial charge in [-0.05, 0) is 12.8 Å². The van der Waals surface area contributed by atoms with E-state index in [0.717, 1.165) is 25.0 Å². The summed E-state index contributed by atoms with van der Waals surface area (Å²) >= 11 is 1.91. The second-order valence-corrected chi connectivity index (χ2v) is 5.65. The van der Waals surface area contributed by atoms with Crippen molar-refractivity contribution in [3.8, 4) is 0 Å². The summed E-state index contributed by atoms with van der Waals surface area (Å²) in [6.07, 6.45) is 2.42. The van der Waals surface area contributed by atoms with Crippen LogP contribution >= 0.6 is 11.8 Å². The van der Waals surface area contributed by atoms with Gasteiger partial charge in [0.2, 0.25) is 0 Å². The third-order valence-corrected chi connectivity index (χ3v) is 4.68. The number of carbonyl (C=O) groups is 1. The van der Waals surface area contributed by atoms with E-state index in [-0.39, 0.29) is 6.42 Å². The van der Waals surface area contributed by atoms with Gasteiger partial charge >= 0.3 is 5.97 Å². The van der Waals surface area contributed by atoms with Crippen LogP contribution in [-0.2, 0) is 4.79 Å². The number of carboxylic acid groups (broad SMARTS) is 1. The van der Waals surface area contributed by atoms with Gasteiger partial charge in [-0.25, -0.2) is 0 Å². The van der Waals surface area contributed by atoms with Crippen molar-refractivity contribution in [3.05, 3.63) is 0 Å². The number of nitrogens with one attached hydrogen (secondary N) is 2. The molecular weight excluding hydrogens is 228 g/mol. The maximum Gasteiger partial charge on any atom is 0.303 e. The van der Waals surface area contributed by atoms with Gasteiger partial charge < -0.3 is 10.2 Å². The zero-order chi connectivity index (χ0) is 11.5. The average Bonchev–Trinajstić information content (AvgIpc) is 2.72. The smallest absolute Gasteiger partial charge is 0.303 e. The van der Waals surface area contributed by atoms with Gasteiger partial charge in [0.15, 0.2) is 6.35 Å². The first-order valence-corrected chi connectivity index (χ1v) is 6.75. The summed E-state index contributed by atoms with van der Waals surface area (Å²) in [5.41, 5.74) is 0. The van der Waals surface area contributed by atoms with Gasteiger partial charge in [0.05, 0.1) is 0 Å². The highest BCUT2D eigenvalue weighted by molar-refractivity contribution is 8.00. The van der Waals surface area contributed by atoms with E-state index in [1.165, 1.54) is 0 Å². The van der Waals surface area contributed by atoms with Crippen molar-refractivity contribution < 1.29 is 15.0 Å². The Morgan fingerprint density at radius 2 is 2.19 bits per heavy atom. The molecule has 0 radical (unpaired) electrons. The molecule has 2 fully saturated rings. The Morgan fingerprint density at radius 3 is 2.94 bits per heavy atom. The molecule has 0 spiro atoms. The first kappa shape index (κ1) is 12.2. The minimum Gasteiger partial charge on any atom is -0.481 e. The molecule has 0 bridgehead atoms. The number of aliphatic hydroxyl groups excluding tert-OH is 1. The normalized spacial score (nSPS) is 37.6. The van der Waals surface area contributed by atoms with Crippen LogP contribution in [0.5, 0.6) is 0 Å². The molecule has 5 nitrogen and oxygen atoms in total. The molecule has 16 heavy (non-hydrogen) atoms. The minimum atomic E-state index is -0.715. The van der Waals surface area contributed by atoms with E-state index < -0.39 is 12.3 Å². The number of hydrogen-bond acceptors (Lipinski definition) is 5. The second kappa shape index (κ2) is 5.35. The van der Waals surface area contributed by atoms with Crippen LogP contribution < -0.4 is 10.6 Å². The Balaban J connectivity index is 1.68. The summed E-state index contributed by atoms with van der Waals surface area (Å²) in [5.74, 6) is 0.311. The molecule has 0 aromatic heterocycles. The molecule has 2 aliphatic heterocycles. The van der Waals surface area contributed by atoms with Crippen LogP contribution in [0.4, 0.5) is 0 Å². The van der Waals surface area contributed by atoms with Crippen LogP contribution in [0, 0.1) is 0 Å². The first-order chi connectivity index (χ1) is 7.66.